The van der Waals surface area contributed by atoms with Gasteiger partial charge in [0.25, 0.3) is 0 Å². The van der Waals surface area contributed by atoms with Crippen LogP contribution in [0.15, 0.2) is 120 Å². The van der Waals surface area contributed by atoms with E-state index in [2.05, 4.69) is 101 Å². The number of quaternary nitrogens is 1. The first-order chi connectivity index (χ1) is 17.8. The normalized spacial score (nSPS) is 12.4. The first kappa shape index (κ1) is 22.4. The van der Waals surface area contributed by atoms with Crippen molar-refractivity contribution < 1.29 is 14.8 Å². The molecule has 0 unspecified atom stereocenters. The molecule has 0 amide bonds. The second-order valence-electron chi connectivity index (χ2n) is 9.21. The second kappa shape index (κ2) is 9.86. The van der Waals surface area contributed by atoms with E-state index in [1.807, 2.05) is 18.2 Å². The van der Waals surface area contributed by atoms with Gasteiger partial charge >= 0.3 is 0 Å². The topological polar surface area (TPSA) is 54.9 Å². The van der Waals surface area contributed by atoms with Gasteiger partial charge in [0.05, 0.1) is 24.0 Å². The molecule has 3 N–H and O–H groups in total. The molecule has 0 aliphatic heterocycles. The summed E-state index contributed by atoms with van der Waals surface area (Å²) >= 11 is 0. The molecule has 4 nitrogen and oxygen atoms in total. The van der Waals surface area contributed by atoms with Gasteiger partial charge in [0, 0.05) is 16.3 Å². The zero-order chi connectivity index (χ0) is 24.3. The van der Waals surface area contributed by atoms with E-state index in [9.17, 15) is 5.11 Å². The molecule has 2 aromatic heterocycles. The molecule has 4 aromatic carbocycles. The number of aliphatic hydroxyl groups is 1. The van der Waals surface area contributed by atoms with Crippen molar-refractivity contribution in [3.63, 3.8) is 0 Å². The number of nitrogens with two attached hydrogens (primary N) is 1. The van der Waals surface area contributed by atoms with Crippen LogP contribution in [0.25, 0.3) is 44.1 Å². The molecule has 36 heavy (non-hydrogen) atoms. The van der Waals surface area contributed by atoms with E-state index in [1.54, 1.807) is 6.26 Å². The van der Waals surface area contributed by atoms with E-state index in [4.69, 9.17) is 4.42 Å². The van der Waals surface area contributed by atoms with Gasteiger partial charge < -0.3 is 19.4 Å². The van der Waals surface area contributed by atoms with E-state index in [0.29, 0.717) is 19.6 Å². The minimum absolute atomic E-state index is 0.496. The Morgan fingerprint density at radius 3 is 2.19 bits per heavy atom. The van der Waals surface area contributed by atoms with Crippen molar-refractivity contribution in [1.82, 2.24) is 4.57 Å². The van der Waals surface area contributed by atoms with Crippen LogP contribution in [-0.2, 0) is 13.1 Å². The summed E-state index contributed by atoms with van der Waals surface area (Å²) in [6, 6.07) is 37.9. The molecule has 178 valence electrons. The van der Waals surface area contributed by atoms with Crippen LogP contribution in [0.2, 0.25) is 0 Å². The van der Waals surface area contributed by atoms with Crippen LogP contribution in [0.1, 0.15) is 5.76 Å². The van der Waals surface area contributed by atoms with E-state index < -0.39 is 6.10 Å². The Kier molecular flexibility index (Phi) is 6.12. The number of rotatable bonds is 8. The number of nitrogens with zero attached hydrogens (tertiary/aromatic N) is 1. The highest BCUT2D eigenvalue weighted by atomic mass is 16.3. The van der Waals surface area contributed by atoms with Crippen LogP contribution in [0.3, 0.4) is 0 Å². The van der Waals surface area contributed by atoms with Gasteiger partial charge in [-0.3, -0.25) is 0 Å². The molecule has 0 aliphatic rings. The van der Waals surface area contributed by atoms with Gasteiger partial charge in [-0.05, 0) is 28.6 Å². The first-order valence-electron chi connectivity index (χ1n) is 12.5. The lowest BCUT2D eigenvalue weighted by atomic mass is 9.97. The smallest absolute Gasteiger partial charge is 0.157 e. The largest absolute Gasteiger partial charge is 0.463 e. The molecule has 0 radical (unpaired) electrons. The third-order valence-electron chi connectivity index (χ3n) is 6.81. The number of hydrogen-bond acceptors (Lipinski definition) is 2. The van der Waals surface area contributed by atoms with Gasteiger partial charge in [0.1, 0.15) is 19.2 Å². The fraction of sp³-hybridized carbons (Fsp3) is 0.125. The van der Waals surface area contributed by atoms with Crippen LogP contribution in [-0.4, -0.2) is 22.3 Å². The van der Waals surface area contributed by atoms with Gasteiger partial charge in [-0.2, -0.15) is 0 Å². The third-order valence-corrected chi connectivity index (χ3v) is 6.81. The van der Waals surface area contributed by atoms with Crippen LogP contribution >= 0.6 is 0 Å². The fourth-order valence-corrected chi connectivity index (χ4v) is 5.23. The van der Waals surface area contributed by atoms with Gasteiger partial charge in [-0.25, -0.2) is 0 Å². The average Bonchev–Trinajstić information content (AvgIpc) is 3.56. The van der Waals surface area contributed by atoms with Crippen molar-refractivity contribution >= 4 is 21.7 Å². The summed E-state index contributed by atoms with van der Waals surface area (Å²) in [4.78, 5) is 0. The Hall–Kier alpha value is -4.12. The molecule has 6 aromatic rings. The maximum Gasteiger partial charge on any atom is 0.157 e. The summed E-state index contributed by atoms with van der Waals surface area (Å²) in [6.45, 7) is 1.79. The lowest BCUT2D eigenvalue weighted by Gasteiger charge is -2.17. The lowest BCUT2D eigenvalue weighted by Crippen LogP contribution is -2.85. The van der Waals surface area contributed by atoms with Crippen molar-refractivity contribution in [1.29, 1.82) is 0 Å². The standard InChI is InChI=1S/C32H28N2O2/c35-26(20-33-21-27-15-9-19-36-27)22-34-31(25-13-5-2-6-14-25)30(24-11-3-1-4-12-24)29-18-17-23-10-7-8-16-28(23)32(29)34/h1-19,26,33,35H,20-22H2/p+1/t26-/m1/s1. The SMILES string of the molecule is O[C@H](C[NH2+]Cc1ccco1)Cn1c(-c2ccccc2)c(-c2ccccc2)c2ccc3ccccc3c21. The van der Waals surface area contributed by atoms with Crippen molar-refractivity contribution in [2.75, 3.05) is 6.54 Å². The lowest BCUT2D eigenvalue weighted by molar-refractivity contribution is -0.678. The molecule has 4 heteroatoms. The molecule has 1 atom stereocenters. The highest BCUT2D eigenvalue weighted by molar-refractivity contribution is 6.15. The van der Waals surface area contributed by atoms with Crippen molar-refractivity contribution in [2.45, 2.75) is 19.2 Å². The Morgan fingerprint density at radius 2 is 1.44 bits per heavy atom. The molecule has 0 saturated heterocycles. The molecule has 0 spiro atoms. The van der Waals surface area contributed by atoms with Crippen molar-refractivity contribution in [2.24, 2.45) is 0 Å². The number of furan rings is 1. The Bertz CT molecular complexity index is 1590. The molecular formula is C32H29N2O2+. The maximum atomic E-state index is 11.2. The highest BCUT2D eigenvalue weighted by Gasteiger charge is 2.23. The Morgan fingerprint density at radius 1 is 0.722 bits per heavy atom. The van der Waals surface area contributed by atoms with Crippen LogP contribution in [0, 0.1) is 0 Å². The zero-order valence-corrected chi connectivity index (χ0v) is 20.0. The third kappa shape index (κ3) is 4.22. The molecule has 0 aliphatic carbocycles. The Labute approximate surface area is 210 Å². The number of fused-ring (bicyclic) bond motifs is 3. The molecule has 0 saturated carbocycles. The quantitative estimate of drug-likeness (QED) is 0.292. The second-order valence-corrected chi connectivity index (χ2v) is 9.21. The van der Waals surface area contributed by atoms with E-state index >= 15 is 0 Å². The van der Waals surface area contributed by atoms with Crippen molar-refractivity contribution in [3.05, 3.63) is 121 Å². The average molecular weight is 474 g/mol. The summed E-state index contributed by atoms with van der Waals surface area (Å²) in [5.74, 6) is 0.913. The van der Waals surface area contributed by atoms with Gasteiger partial charge in [0.2, 0.25) is 0 Å². The van der Waals surface area contributed by atoms with Gasteiger partial charge in [0.15, 0.2) is 5.76 Å². The highest BCUT2D eigenvalue weighted by Crippen LogP contribution is 2.43. The number of aromatic nitrogens is 1. The number of hydrogen-bond donors (Lipinski definition) is 2. The van der Waals surface area contributed by atoms with Crippen LogP contribution in [0.4, 0.5) is 0 Å². The van der Waals surface area contributed by atoms with Gasteiger partial charge in [-0.1, -0.05) is 97.1 Å². The minimum Gasteiger partial charge on any atom is -0.463 e. The van der Waals surface area contributed by atoms with E-state index in [0.717, 1.165) is 22.5 Å². The summed E-state index contributed by atoms with van der Waals surface area (Å²) in [5, 5.41) is 16.9. The molecular weight excluding hydrogens is 444 g/mol. The summed E-state index contributed by atoms with van der Waals surface area (Å²) in [7, 11) is 0. The first-order valence-corrected chi connectivity index (χ1v) is 12.5. The summed E-state index contributed by atoms with van der Waals surface area (Å²) in [6.07, 6.45) is 1.16. The predicted octanol–water partition coefficient (Wildman–Crippen LogP) is 5.85. The molecule has 0 bridgehead atoms. The Balaban J connectivity index is 1.53. The summed E-state index contributed by atoms with van der Waals surface area (Å²) in [5.41, 5.74) is 5.82. The molecule has 2 heterocycles. The monoisotopic (exact) mass is 473 g/mol. The van der Waals surface area contributed by atoms with Crippen LogP contribution in [0.5, 0.6) is 0 Å². The predicted molar refractivity (Wildman–Crippen MR) is 146 cm³/mol. The fourth-order valence-electron chi connectivity index (χ4n) is 5.23. The maximum absolute atomic E-state index is 11.2. The summed E-state index contributed by atoms with van der Waals surface area (Å²) < 4.78 is 7.78. The van der Waals surface area contributed by atoms with Gasteiger partial charge in [-0.15, -0.1) is 0 Å². The zero-order valence-electron chi connectivity index (χ0n) is 20.0. The molecule has 6 rings (SSSR count). The van der Waals surface area contributed by atoms with Crippen molar-refractivity contribution in [3.8, 4) is 22.4 Å². The minimum atomic E-state index is -0.527. The van der Waals surface area contributed by atoms with E-state index in [-0.39, 0.29) is 0 Å². The van der Waals surface area contributed by atoms with Crippen LogP contribution < -0.4 is 5.32 Å². The number of benzene rings is 4. The van der Waals surface area contributed by atoms with E-state index in [1.165, 1.54) is 27.3 Å². The number of aliphatic hydroxyl groups excluding tert-OH is 1. The molecule has 0 fully saturated rings.